The largest absolute Gasteiger partial charge is 0.478 e. The zero-order chi connectivity index (χ0) is 27.5. The van der Waals surface area contributed by atoms with Crippen LogP contribution < -0.4 is 4.90 Å². The molecule has 0 aliphatic carbocycles. The predicted octanol–water partition coefficient (Wildman–Crippen LogP) is 2.44. The molecule has 1 fully saturated rings. The molecule has 2 N–H and O–H groups in total. The molecule has 1 amide bonds. The van der Waals surface area contributed by atoms with Gasteiger partial charge in [-0.25, -0.2) is 19.6 Å². The molecule has 12 heteroatoms. The molecule has 2 aliphatic rings. The first kappa shape index (κ1) is 28.9. The third kappa shape index (κ3) is 8.73. The molecule has 4 heterocycles. The van der Waals surface area contributed by atoms with Crippen LogP contribution in [0.1, 0.15) is 51.1 Å². The maximum atomic E-state index is 12.9. The van der Waals surface area contributed by atoms with E-state index in [9.17, 15) is 19.2 Å². The number of hydrogen-bond donors (Lipinski definition) is 2. The zero-order valence-electron chi connectivity index (χ0n) is 21.4. The van der Waals surface area contributed by atoms with E-state index in [1.165, 1.54) is 11.3 Å². The number of nitrogens with zero attached hydrogens (tertiary/aromatic N) is 5. The topological polar surface area (TPSA) is 144 Å². The lowest BCUT2D eigenvalue weighted by molar-refractivity contribution is -0.134. The molecule has 0 radical (unpaired) electrons. The number of thiophene rings is 1. The van der Waals surface area contributed by atoms with Crippen molar-refractivity contribution in [2.24, 2.45) is 0 Å². The Hall–Kier alpha value is -3.64. The van der Waals surface area contributed by atoms with E-state index >= 15 is 0 Å². The quantitative estimate of drug-likeness (QED) is 0.275. The number of carbonyl (C=O) groups is 4. The molecular weight excluding hydrogens is 510 g/mol. The van der Waals surface area contributed by atoms with Crippen LogP contribution in [-0.4, -0.2) is 99.4 Å². The van der Waals surface area contributed by atoms with E-state index in [1.54, 1.807) is 25.4 Å². The van der Waals surface area contributed by atoms with Gasteiger partial charge < -0.3 is 20.0 Å². The number of carboxylic acids is 2. The van der Waals surface area contributed by atoms with Crippen LogP contribution in [0.25, 0.3) is 0 Å². The van der Waals surface area contributed by atoms with Gasteiger partial charge in [0, 0.05) is 68.7 Å². The molecule has 0 saturated carbocycles. The lowest BCUT2D eigenvalue weighted by Crippen LogP contribution is -2.47. The van der Waals surface area contributed by atoms with Crippen LogP contribution in [0.15, 0.2) is 36.7 Å². The number of hydrogen-bond acceptors (Lipinski definition) is 9. The van der Waals surface area contributed by atoms with Crippen LogP contribution in [-0.2, 0) is 16.0 Å². The molecule has 0 bridgehead atoms. The Morgan fingerprint density at radius 2 is 1.61 bits per heavy atom. The number of fused-ring (bicyclic) bond motifs is 1. The first-order valence-electron chi connectivity index (χ1n) is 12.6. The summed E-state index contributed by atoms with van der Waals surface area (Å²) in [5.74, 6) is -1.55. The van der Waals surface area contributed by atoms with E-state index < -0.39 is 11.9 Å². The Bertz CT molecular complexity index is 1130. The standard InChI is InChI=1S/C22H29N5O2S.C4H4O4/c1-17(28)20-16-18-19(30-20)6-4-11-26(21(18)29)10-3-2-9-25-12-14-27(15-13-25)22-23-7-5-8-24-22;5-3(6)1-2-4(7)8/h5,7-8,16H,2-4,6,9-15H2,1H3;1-2H,(H,5,6)(H,7,8). The van der Waals surface area contributed by atoms with Crippen molar-refractivity contribution in [2.75, 3.05) is 50.7 Å². The molecule has 2 aliphatic heterocycles. The highest BCUT2D eigenvalue weighted by atomic mass is 32.1. The number of anilines is 1. The number of carboxylic acid groups (broad SMARTS) is 2. The van der Waals surface area contributed by atoms with Crippen LogP contribution in [0.3, 0.4) is 0 Å². The highest BCUT2D eigenvalue weighted by Gasteiger charge is 2.25. The summed E-state index contributed by atoms with van der Waals surface area (Å²) in [5, 5.41) is 15.6. The van der Waals surface area contributed by atoms with E-state index in [0.29, 0.717) is 17.0 Å². The number of unbranched alkanes of at least 4 members (excludes halogenated alkanes) is 1. The molecule has 2 aromatic heterocycles. The molecular formula is C26H33N5O6S. The van der Waals surface area contributed by atoms with Gasteiger partial charge in [-0.1, -0.05) is 0 Å². The average Bonchev–Trinajstić information content (AvgIpc) is 3.28. The van der Waals surface area contributed by atoms with Gasteiger partial charge >= 0.3 is 11.9 Å². The summed E-state index contributed by atoms with van der Waals surface area (Å²) >= 11 is 1.49. The Balaban J connectivity index is 0.000000436. The maximum Gasteiger partial charge on any atom is 0.328 e. The minimum absolute atomic E-state index is 0.0475. The van der Waals surface area contributed by atoms with Gasteiger partial charge in [0.15, 0.2) is 5.78 Å². The third-order valence-corrected chi connectivity index (χ3v) is 7.53. The highest BCUT2D eigenvalue weighted by Crippen LogP contribution is 2.28. The Morgan fingerprint density at radius 1 is 0.974 bits per heavy atom. The number of aliphatic carboxylic acids is 2. The van der Waals surface area contributed by atoms with Crippen molar-refractivity contribution >= 4 is 40.9 Å². The van der Waals surface area contributed by atoms with E-state index in [1.807, 2.05) is 11.0 Å². The number of piperazine rings is 1. The van der Waals surface area contributed by atoms with Crippen LogP contribution in [0.4, 0.5) is 5.95 Å². The Morgan fingerprint density at radius 3 is 2.21 bits per heavy atom. The SMILES string of the molecule is CC(=O)c1cc2c(s1)CCCN(CCCCN1CCN(c3ncccn3)CC1)C2=O.O=C(O)C=CC(=O)O. The van der Waals surface area contributed by atoms with Gasteiger partial charge in [-0.2, -0.15) is 0 Å². The number of Topliss-reactive ketones (excluding diaryl/α,β-unsaturated/α-hetero) is 1. The molecule has 38 heavy (non-hydrogen) atoms. The maximum absolute atomic E-state index is 12.9. The lowest BCUT2D eigenvalue weighted by atomic mass is 10.2. The minimum atomic E-state index is -1.26. The first-order chi connectivity index (χ1) is 18.2. The normalized spacial score (nSPS) is 16.0. The molecule has 4 rings (SSSR count). The van der Waals surface area contributed by atoms with Crippen molar-refractivity contribution in [1.82, 2.24) is 19.8 Å². The summed E-state index contributed by atoms with van der Waals surface area (Å²) in [5.41, 5.74) is 0.752. The van der Waals surface area contributed by atoms with Crippen molar-refractivity contribution in [2.45, 2.75) is 32.6 Å². The van der Waals surface area contributed by atoms with Crippen LogP contribution >= 0.6 is 11.3 Å². The van der Waals surface area contributed by atoms with E-state index in [2.05, 4.69) is 19.8 Å². The molecule has 0 unspecified atom stereocenters. The number of carbonyl (C=O) groups excluding carboxylic acids is 2. The summed E-state index contributed by atoms with van der Waals surface area (Å²) in [7, 11) is 0. The second-order valence-corrected chi connectivity index (χ2v) is 10.1. The summed E-state index contributed by atoms with van der Waals surface area (Å²) in [6, 6.07) is 3.65. The molecule has 0 atom stereocenters. The molecule has 2 aromatic rings. The smallest absolute Gasteiger partial charge is 0.328 e. The van der Waals surface area contributed by atoms with Gasteiger partial charge in [0.1, 0.15) is 0 Å². The minimum Gasteiger partial charge on any atom is -0.478 e. The number of amides is 1. The molecule has 0 spiro atoms. The van der Waals surface area contributed by atoms with E-state index in [4.69, 9.17) is 10.2 Å². The van der Waals surface area contributed by atoms with Gasteiger partial charge in [0.25, 0.3) is 5.91 Å². The highest BCUT2D eigenvalue weighted by molar-refractivity contribution is 7.14. The first-order valence-corrected chi connectivity index (χ1v) is 13.4. The van der Waals surface area contributed by atoms with Gasteiger partial charge in [-0.05, 0) is 51.3 Å². The Labute approximate surface area is 225 Å². The average molecular weight is 544 g/mol. The fraction of sp³-hybridized carbons (Fsp3) is 0.462. The van der Waals surface area contributed by atoms with Crippen LogP contribution in [0.5, 0.6) is 0 Å². The fourth-order valence-corrected chi connectivity index (χ4v) is 5.38. The molecule has 1 saturated heterocycles. The van der Waals surface area contributed by atoms with Crippen LogP contribution in [0.2, 0.25) is 0 Å². The van der Waals surface area contributed by atoms with Crippen LogP contribution in [0, 0.1) is 0 Å². The van der Waals surface area contributed by atoms with Gasteiger partial charge in [0.05, 0.1) is 10.4 Å². The monoisotopic (exact) mass is 543 g/mol. The summed E-state index contributed by atoms with van der Waals surface area (Å²) in [4.78, 5) is 60.9. The van der Waals surface area contributed by atoms with E-state index in [0.717, 1.165) is 87.9 Å². The summed E-state index contributed by atoms with van der Waals surface area (Å²) in [6.45, 7) is 8.18. The second-order valence-electron chi connectivity index (χ2n) is 8.99. The number of aromatic nitrogens is 2. The summed E-state index contributed by atoms with van der Waals surface area (Å²) in [6.07, 6.45) is 8.65. The van der Waals surface area contributed by atoms with E-state index in [-0.39, 0.29) is 11.7 Å². The second kappa shape index (κ2) is 14.3. The van der Waals surface area contributed by atoms with Gasteiger partial charge in [0.2, 0.25) is 5.95 Å². The van der Waals surface area contributed by atoms with Crippen molar-refractivity contribution < 1.29 is 29.4 Å². The molecule has 204 valence electrons. The van der Waals surface area contributed by atoms with Crippen molar-refractivity contribution in [3.8, 4) is 0 Å². The number of aryl methyl sites for hydroxylation is 1. The fourth-order valence-electron chi connectivity index (χ4n) is 4.29. The zero-order valence-corrected chi connectivity index (χ0v) is 22.2. The number of ketones is 1. The third-order valence-electron chi connectivity index (χ3n) is 6.23. The lowest BCUT2D eigenvalue weighted by Gasteiger charge is -2.34. The summed E-state index contributed by atoms with van der Waals surface area (Å²) < 4.78 is 0. The van der Waals surface area contributed by atoms with Crippen molar-refractivity contribution in [3.05, 3.63) is 52.0 Å². The molecule has 11 nitrogen and oxygen atoms in total. The predicted molar refractivity (Wildman–Crippen MR) is 143 cm³/mol. The van der Waals surface area contributed by atoms with Crippen molar-refractivity contribution in [1.29, 1.82) is 0 Å². The molecule has 0 aromatic carbocycles. The van der Waals surface area contributed by atoms with Crippen molar-refractivity contribution in [3.63, 3.8) is 0 Å². The Kier molecular flexibility index (Phi) is 10.9. The van der Waals surface area contributed by atoms with Gasteiger partial charge in [-0.3, -0.25) is 14.5 Å². The van der Waals surface area contributed by atoms with Gasteiger partial charge in [-0.15, -0.1) is 11.3 Å². The number of rotatable bonds is 9.